The number of hydrogen-bond acceptors (Lipinski definition) is 5. The van der Waals surface area contributed by atoms with Gasteiger partial charge in [-0.25, -0.2) is 17.5 Å². The summed E-state index contributed by atoms with van der Waals surface area (Å²) in [6, 6.07) is 6.56. The third-order valence-electron chi connectivity index (χ3n) is 2.77. The molecule has 2 rings (SSSR count). The number of thiophene rings is 1. The topological polar surface area (TPSA) is 90.2 Å². The Morgan fingerprint density at radius 3 is 2.81 bits per heavy atom. The molecule has 0 bridgehead atoms. The van der Waals surface area contributed by atoms with Crippen molar-refractivity contribution in [3.05, 3.63) is 52.0 Å². The summed E-state index contributed by atoms with van der Waals surface area (Å²) in [5.41, 5.74) is 0.0393. The Kier molecular flexibility index (Phi) is 4.69. The minimum atomic E-state index is -4.08. The van der Waals surface area contributed by atoms with Crippen molar-refractivity contribution in [2.45, 2.75) is 11.0 Å². The Labute approximate surface area is 125 Å². The fraction of sp³-hybridized carbons (Fsp3) is 0.154. The second-order valence-electron chi connectivity index (χ2n) is 4.15. The first-order valence-electron chi connectivity index (χ1n) is 5.84. The lowest BCUT2D eigenvalue weighted by atomic mass is 10.2. The normalized spacial score (nSPS) is 12.8. The number of benzene rings is 1. The maximum Gasteiger partial charge on any atom is 0.242 e. The molecule has 0 spiro atoms. The van der Waals surface area contributed by atoms with Gasteiger partial charge in [-0.3, -0.25) is 0 Å². The van der Waals surface area contributed by atoms with Gasteiger partial charge in [0, 0.05) is 6.54 Å². The van der Waals surface area contributed by atoms with E-state index in [-0.39, 0.29) is 6.54 Å². The quantitative estimate of drug-likeness (QED) is 0.876. The Hall–Kier alpha value is -1.79. The molecular weight excluding hydrogens is 315 g/mol. The largest absolute Gasteiger partial charge is 0.387 e. The number of aliphatic hydroxyl groups excluding tert-OH is 1. The first-order valence-corrected chi connectivity index (χ1v) is 8.26. The SMILES string of the molecule is N#Cc1c(F)cccc1S(=O)(=O)NCC(O)c1ccsc1. The van der Waals surface area contributed by atoms with Crippen LogP contribution >= 0.6 is 11.3 Å². The van der Waals surface area contributed by atoms with E-state index in [4.69, 9.17) is 5.26 Å². The Morgan fingerprint density at radius 2 is 2.19 bits per heavy atom. The first kappa shape index (κ1) is 15.6. The average Bonchev–Trinajstić information content (AvgIpc) is 2.99. The van der Waals surface area contributed by atoms with Gasteiger partial charge >= 0.3 is 0 Å². The molecule has 0 aliphatic rings. The van der Waals surface area contributed by atoms with Crippen molar-refractivity contribution in [2.75, 3.05) is 6.54 Å². The van der Waals surface area contributed by atoms with Gasteiger partial charge in [0.2, 0.25) is 10.0 Å². The van der Waals surface area contributed by atoms with E-state index in [0.717, 1.165) is 12.1 Å². The van der Waals surface area contributed by atoms with Gasteiger partial charge in [-0.2, -0.15) is 16.6 Å². The molecule has 2 N–H and O–H groups in total. The number of nitrogens with zero attached hydrogens (tertiary/aromatic N) is 1. The van der Waals surface area contributed by atoms with E-state index in [9.17, 15) is 17.9 Å². The maximum atomic E-state index is 13.4. The highest BCUT2D eigenvalue weighted by Crippen LogP contribution is 2.19. The molecule has 0 aliphatic carbocycles. The summed E-state index contributed by atoms with van der Waals surface area (Å²) in [4.78, 5) is -0.442. The lowest BCUT2D eigenvalue weighted by Gasteiger charge is -2.12. The lowest BCUT2D eigenvalue weighted by molar-refractivity contribution is 0.182. The van der Waals surface area contributed by atoms with E-state index in [1.54, 1.807) is 16.8 Å². The van der Waals surface area contributed by atoms with E-state index in [1.165, 1.54) is 23.5 Å². The average molecular weight is 326 g/mol. The minimum absolute atomic E-state index is 0.263. The highest BCUT2D eigenvalue weighted by molar-refractivity contribution is 7.89. The Bertz CT molecular complexity index is 767. The Balaban J connectivity index is 2.20. The van der Waals surface area contributed by atoms with Crippen molar-refractivity contribution in [2.24, 2.45) is 0 Å². The van der Waals surface area contributed by atoms with Crippen LogP contribution in [0.25, 0.3) is 0 Å². The molecule has 0 saturated carbocycles. The lowest BCUT2D eigenvalue weighted by Crippen LogP contribution is -2.29. The first-order chi connectivity index (χ1) is 9.95. The molecule has 0 aliphatic heterocycles. The fourth-order valence-electron chi connectivity index (χ4n) is 1.69. The number of hydrogen-bond donors (Lipinski definition) is 2. The van der Waals surface area contributed by atoms with Crippen molar-refractivity contribution >= 4 is 21.4 Å². The van der Waals surface area contributed by atoms with E-state index < -0.39 is 32.4 Å². The van der Waals surface area contributed by atoms with Crippen molar-refractivity contribution in [3.8, 4) is 6.07 Å². The zero-order valence-electron chi connectivity index (χ0n) is 10.7. The zero-order valence-corrected chi connectivity index (χ0v) is 12.3. The second kappa shape index (κ2) is 6.32. The summed E-state index contributed by atoms with van der Waals surface area (Å²) in [6.45, 7) is -0.263. The number of nitriles is 1. The molecule has 110 valence electrons. The smallest absolute Gasteiger partial charge is 0.242 e. The zero-order chi connectivity index (χ0) is 15.5. The summed E-state index contributed by atoms with van der Waals surface area (Å²) in [5, 5.41) is 22.2. The van der Waals surface area contributed by atoms with E-state index in [0.29, 0.717) is 5.56 Å². The van der Waals surface area contributed by atoms with Gasteiger partial charge in [-0.05, 0) is 34.5 Å². The van der Waals surface area contributed by atoms with Crippen LogP contribution in [-0.2, 0) is 10.0 Å². The maximum absolute atomic E-state index is 13.4. The monoisotopic (exact) mass is 326 g/mol. The summed E-state index contributed by atoms with van der Waals surface area (Å²) in [7, 11) is -4.08. The van der Waals surface area contributed by atoms with Crippen LogP contribution in [0.4, 0.5) is 4.39 Å². The van der Waals surface area contributed by atoms with Gasteiger partial charge in [0.1, 0.15) is 22.3 Å². The molecule has 8 heteroatoms. The van der Waals surface area contributed by atoms with Crippen LogP contribution in [0, 0.1) is 17.1 Å². The summed E-state index contributed by atoms with van der Waals surface area (Å²) in [6.07, 6.45) is -1.01. The highest BCUT2D eigenvalue weighted by Gasteiger charge is 2.22. The summed E-state index contributed by atoms with van der Waals surface area (Å²) in [5.74, 6) is -0.904. The molecule has 21 heavy (non-hydrogen) atoms. The van der Waals surface area contributed by atoms with Gasteiger partial charge in [0.25, 0.3) is 0 Å². The molecule has 0 radical (unpaired) electrons. The van der Waals surface area contributed by atoms with E-state index in [1.807, 2.05) is 0 Å². The van der Waals surface area contributed by atoms with Crippen LogP contribution in [-0.4, -0.2) is 20.1 Å². The van der Waals surface area contributed by atoms with Crippen LogP contribution in [0.2, 0.25) is 0 Å². The molecule has 0 fully saturated rings. The number of halogens is 1. The molecule has 1 heterocycles. The van der Waals surface area contributed by atoms with Crippen LogP contribution in [0.1, 0.15) is 17.2 Å². The molecule has 1 unspecified atom stereocenters. The minimum Gasteiger partial charge on any atom is -0.387 e. The number of rotatable bonds is 5. The number of aliphatic hydroxyl groups is 1. The van der Waals surface area contributed by atoms with E-state index in [2.05, 4.69) is 4.72 Å². The van der Waals surface area contributed by atoms with Crippen molar-refractivity contribution in [1.82, 2.24) is 4.72 Å². The third kappa shape index (κ3) is 3.46. The fourth-order valence-corrected chi connectivity index (χ4v) is 3.60. The van der Waals surface area contributed by atoms with Crippen LogP contribution in [0.3, 0.4) is 0 Å². The molecule has 2 aromatic rings. The molecular formula is C13H11FN2O3S2. The number of nitrogens with one attached hydrogen (secondary N) is 1. The predicted octanol–water partition coefficient (Wildman–Crippen LogP) is 1.77. The molecule has 1 aromatic heterocycles. The standard InChI is InChI=1S/C13H11FN2O3S2/c14-11-2-1-3-13(10(11)6-15)21(18,19)16-7-12(17)9-4-5-20-8-9/h1-5,8,12,16-17H,7H2. The van der Waals surface area contributed by atoms with Crippen LogP contribution in [0.5, 0.6) is 0 Å². The third-order valence-corrected chi connectivity index (χ3v) is 4.94. The van der Waals surface area contributed by atoms with Gasteiger partial charge in [0.05, 0.1) is 6.10 Å². The molecule has 0 amide bonds. The van der Waals surface area contributed by atoms with Crippen molar-refractivity contribution in [1.29, 1.82) is 5.26 Å². The highest BCUT2D eigenvalue weighted by atomic mass is 32.2. The van der Waals surface area contributed by atoms with E-state index >= 15 is 0 Å². The van der Waals surface area contributed by atoms with Gasteiger partial charge in [-0.1, -0.05) is 6.07 Å². The van der Waals surface area contributed by atoms with Crippen LogP contribution in [0.15, 0.2) is 39.9 Å². The predicted molar refractivity (Wildman–Crippen MR) is 75.6 cm³/mol. The molecule has 1 atom stereocenters. The summed E-state index contributed by atoms with van der Waals surface area (Å²) < 4.78 is 39.8. The van der Waals surface area contributed by atoms with Crippen molar-refractivity contribution in [3.63, 3.8) is 0 Å². The number of sulfonamides is 1. The van der Waals surface area contributed by atoms with Gasteiger partial charge < -0.3 is 5.11 Å². The van der Waals surface area contributed by atoms with Crippen LogP contribution < -0.4 is 4.72 Å². The van der Waals surface area contributed by atoms with Crippen molar-refractivity contribution < 1.29 is 17.9 Å². The Morgan fingerprint density at radius 1 is 1.43 bits per heavy atom. The molecule has 5 nitrogen and oxygen atoms in total. The summed E-state index contributed by atoms with van der Waals surface area (Å²) >= 11 is 1.38. The molecule has 0 saturated heterocycles. The second-order valence-corrected chi connectivity index (χ2v) is 6.66. The molecule has 1 aromatic carbocycles. The van der Waals surface area contributed by atoms with Gasteiger partial charge in [-0.15, -0.1) is 0 Å². The van der Waals surface area contributed by atoms with Gasteiger partial charge in [0.15, 0.2) is 0 Å².